The third-order valence-electron chi connectivity index (χ3n) is 8.43. The van der Waals surface area contributed by atoms with Crippen molar-refractivity contribution < 1.29 is 14.7 Å². The van der Waals surface area contributed by atoms with E-state index in [0.717, 1.165) is 50.3 Å². The Hall–Kier alpha value is -4.75. The van der Waals surface area contributed by atoms with Crippen molar-refractivity contribution in [1.82, 2.24) is 14.8 Å². The molecule has 2 heterocycles. The zero-order valence-electron chi connectivity index (χ0n) is 22.1. The average molecular weight is 561 g/mol. The van der Waals surface area contributed by atoms with E-state index in [4.69, 9.17) is 11.6 Å². The molecular weight excluding hydrogens is 536 g/mol. The van der Waals surface area contributed by atoms with E-state index in [-0.39, 0.29) is 11.8 Å². The number of carbonyl (C=O) groups excluding carboxylic acids is 1. The maximum atomic E-state index is 13.3. The number of aromatic nitrogens is 3. The maximum Gasteiger partial charge on any atom is 0.335 e. The predicted molar refractivity (Wildman–Crippen MR) is 158 cm³/mol. The molecule has 2 aliphatic rings. The van der Waals surface area contributed by atoms with E-state index in [2.05, 4.69) is 27.5 Å². The highest BCUT2D eigenvalue weighted by atomic mass is 35.5. The number of aromatic carboxylic acids is 1. The molecule has 41 heavy (non-hydrogen) atoms. The summed E-state index contributed by atoms with van der Waals surface area (Å²) in [7, 11) is 0. The second-order valence-corrected chi connectivity index (χ2v) is 11.0. The van der Waals surface area contributed by atoms with Crippen LogP contribution in [-0.4, -0.2) is 31.7 Å². The Labute approximate surface area is 241 Å². The van der Waals surface area contributed by atoms with Crippen molar-refractivity contribution >= 4 is 29.2 Å². The molecule has 2 atom stereocenters. The van der Waals surface area contributed by atoms with Gasteiger partial charge in [0.05, 0.1) is 21.7 Å². The van der Waals surface area contributed by atoms with Crippen molar-refractivity contribution in [1.29, 1.82) is 0 Å². The van der Waals surface area contributed by atoms with Crippen molar-refractivity contribution in [2.24, 2.45) is 0 Å². The third kappa shape index (κ3) is 4.04. The summed E-state index contributed by atoms with van der Waals surface area (Å²) in [5.41, 5.74) is 7.76. The van der Waals surface area contributed by atoms with Crippen LogP contribution in [0.2, 0.25) is 5.02 Å². The summed E-state index contributed by atoms with van der Waals surface area (Å²) in [5.74, 6) is -1.10. The van der Waals surface area contributed by atoms with Gasteiger partial charge in [-0.1, -0.05) is 67.1 Å². The minimum atomic E-state index is -0.946. The minimum absolute atomic E-state index is 0.0631. The van der Waals surface area contributed by atoms with Gasteiger partial charge in [-0.05, 0) is 76.6 Å². The number of amides is 1. The van der Waals surface area contributed by atoms with Gasteiger partial charge in [0.15, 0.2) is 0 Å². The normalized spacial score (nSPS) is 18.8. The largest absolute Gasteiger partial charge is 0.478 e. The van der Waals surface area contributed by atoms with Gasteiger partial charge in [0.1, 0.15) is 12.7 Å². The van der Waals surface area contributed by atoms with Crippen LogP contribution in [-0.2, 0) is 16.6 Å². The van der Waals surface area contributed by atoms with Gasteiger partial charge in [-0.15, -0.1) is 0 Å². The Morgan fingerprint density at radius 1 is 1.02 bits per heavy atom. The zero-order valence-corrected chi connectivity index (χ0v) is 22.9. The summed E-state index contributed by atoms with van der Waals surface area (Å²) in [4.78, 5) is 29.2. The molecule has 2 N–H and O–H groups in total. The number of aryl methyl sites for hydroxylation is 1. The molecule has 4 aromatic carbocycles. The number of benzene rings is 4. The summed E-state index contributed by atoms with van der Waals surface area (Å²) in [6, 6.07) is 25.7. The number of fused-ring (bicyclic) bond motifs is 2. The highest BCUT2D eigenvalue weighted by molar-refractivity contribution is 6.34. The number of hydrogen-bond acceptors (Lipinski definition) is 4. The Balaban J connectivity index is 1.20. The molecule has 1 saturated carbocycles. The van der Waals surface area contributed by atoms with Crippen LogP contribution in [0.3, 0.4) is 0 Å². The molecular formula is C33H25ClN4O3. The third-order valence-corrected chi connectivity index (χ3v) is 8.74. The van der Waals surface area contributed by atoms with Crippen LogP contribution in [0.4, 0.5) is 5.69 Å². The van der Waals surface area contributed by atoms with Gasteiger partial charge < -0.3 is 10.4 Å². The second-order valence-electron chi connectivity index (χ2n) is 10.6. The maximum absolute atomic E-state index is 13.3. The molecule has 0 radical (unpaired) electrons. The highest BCUT2D eigenvalue weighted by Gasteiger charge is 2.65. The average Bonchev–Trinajstić information content (AvgIpc) is 3.38. The number of hydrogen-bond donors (Lipinski definition) is 2. The van der Waals surface area contributed by atoms with E-state index in [1.807, 2.05) is 67.6 Å². The molecule has 1 amide bonds. The lowest BCUT2D eigenvalue weighted by atomic mass is 9.88. The highest BCUT2D eigenvalue weighted by Crippen LogP contribution is 2.65. The number of carbonyl (C=O) groups is 2. The number of rotatable bonds is 6. The van der Waals surface area contributed by atoms with E-state index in [0.29, 0.717) is 23.4 Å². The Morgan fingerprint density at radius 3 is 2.39 bits per heavy atom. The van der Waals surface area contributed by atoms with Crippen LogP contribution in [0, 0.1) is 0 Å². The quantitative estimate of drug-likeness (QED) is 0.236. The summed E-state index contributed by atoms with van der Waals surface area (Å²) in [6.45, 7) is 1.94. The van der Waals surface area contributed by atoms with Crippen LogP contribution in [0.25, 0.3) is 27.9 Å². The number of nitrogens with zero attached hydrogens (tertiary/aromatic N) is 3. The predicted octanol–water partition coefficient (Wildman–Crippen LogP) is 6.89. The first-order chi connectivity index (χ1) is 19.9. The van der Waals surface area contributed by atoms with Crippen LogP contribution >= 0.6 is 11.6 Å². The topological polar surface area (TPSA) is 97.1 Å². The molecule has 7 nitrogen and oxygen atoms in total. The van der Waals surface area contributed by atoms with E-state index >= 15 is 0 Å². The summed E-state index contributed by atoms with van der Waals surface area (Å²) in [6.07, 6.45) is 4.43. The minimum Gasteiger partial charge on any atom is -0.478 e. The molecule has 0 bridgehead atoms. The Kier molecular flexibility index (Phi) is 5.80. The fraction of sp³-hybridized carbons (Fsp3) is 0.152. The van der Waals surface area contributed by atoms with Crippen LogP contribution in [0.1, 0.15) is 46.3 Å². The molecule has 1 aliphatic heterocycles. The van der Waals surface area contributed by atoms with Crippen molar-refractivity contribution in [2.45, 2.75) is 31.1 Å². The van der Waals surface area contributed by atoms with Crippen LogP contribution in [0.5, 0.6) is 0 Å². The molecule has 1 fully saturated rings. The van der Waals surface area contributed by atoms with Gasteiger partial charge in [0.25, 0.3) is 0 Å². The lowest BCUT2D eigenvalue weighted by Crippen LogP contribution is -2.21. The van der Waals surface area contributed by atoms with Gasteiger partial charge in [0.2, 0.25) is 5.91 Å². The van der Waals surface area contributed by atoms with Gasteiger partial charge >= 0.3 is 5.97 Å². The Bertz CT molecular complexity index is 1830. The van der Waals surface area contributed by atoms with Gasteiger partial charge in [-0.2, -0.15) is 5.10 Å². The van der Waals surface area contributed by atoms with E-state index in [1.165, 1.54) is 6.33 Å². The SMILES string of the molecule is CCc1ccc(C2CC23C(=O)Nc2cc(Cl)c(-c4ccc(-c5ccc(-n6cncn6)cc5)cc4)cc23)cc1C(=O)O. The standard InChI is InChI=1S/C33H25ClN4O3/c1-2-19-3-8-23(13-26(19)31(39)40)28-16-33(28)27-14-25(29(34)15-30(27)37-32(33)41)22-6-4-20(5-7-22)21-9-11-24(12-10-21)38-18-35-17-36-38/h3-15,17-18,28H,2,16H2,1H3,(H,37,41)(H,39,40). The molecule has 1 aromatic heterocycles. The Morgan fingerprint density at radius 2 is 1.73 bits per heavy atom. The monoisotopic (exact) mass is 560 g/mol. The van der Waals surface area contributed by atoms with Crippen molar-refractivity contribution in [3.8, 4) is 27.9 Å². The van der Waals surface area contributed by atoms with Crippen LogP contribution in [0.15, 0.2) is 91.5 Å². The van der Waals surface area contributed by atoms with Gasteiger partial charge in [0, 0.05) is 17.2 Å². The summed E-state index contributed by atoms with van der Waals surface area (Å²) >= 11 is 6.74. The molecule has 202 valence electrons. The molecule has 1 spiro atoms. The van der Waals surface area contributed by atoms with E-state index in [9.17, 15) is 14.7 Å². The number of anilines is 1. The summed E-state index contributed by atoms with van der Waals surface area (Å²) < 4.78 is 1.71. The number of carboxylic acid groups (broad SMARTS) is 1. The molecule has 2 unspecified atom stereocenters. The fourth-order valence-corrected chi connectivity index (χ4v) is 6.42. The van der Waals surface area contributed by atoms with Gasteiger partial charge in [-0.25, -0.2) is 14.5 Å². The lowest BCUT2D eigenvalue weighted by Gasteiger charge is -2.14. The fourth-order valence-electron chi connectivity index (χ4n) is 6.15. The zero-order chi connectivity index (χ0) is 28.3. The van der Waals surface area contributed by atoms with E-state index < -0.39 is 11.4 Å². The first kappa shape index (κ1) is 25.2. The van der Waals surface area contributed by atoms with Crippen molar-refractivity contribution in [3.63, 3.8) is 0 Å². The lowest BCUT2D eigenvalue weighted by molar-refractivity contribution is -0.118. The summed E-state index contributed by atoms with van der Waals surface area (Å²) in [5, 5.41) is 17.5. The van der Waals surface area contributed by atoms with Crippen molar-refractivity contribution in [2.75, 3.05) is 5.32 Å². The van der Waals surface area contributed by atoms with E-state index in [1.54, 1.807) is 17.1 Å². The molecule has 5 aromatic rings. The first-order valence-electron chi connectivity index (χ1n) is 13.5. The second kappa shape index (κ2) is 9.42. The molecule has 1 aliphatic carbocycles. The van der Waals surface area contributed by atoms with Crippen molar-refractivity contribution in [3.05, 3.63) is 119 Å². The number of carboxylic acids is 1. The van der Waals surface area contributed by atoms with Crippen LogP contribution < -0.4 is 5.32 Å². The molecule has 7 rings (SSSR count). The smallest absolute Gasteiger partial charge is 0.335 e. The molecule has 8 heteroatoms. The van der Waals surface area contributed by atoms with Gasteiger partial charge in [-0.3, -0.25) is 4.79 Å². The number of halogens is 1. The molecule has 0 saturated heterocycles. The first-order valence-corrected chi connectivity index (χ1v) is 13.8. The number of nitrogens with one attached hydrogen (secondary N) is 1.